The number of anilines is 3. The highest BCUT2D eigenvalue weighted by Gasteiger charge is 2.42. The SMILES string of the molecule is Cc1cccc(C)c1Nc1nc2ccc(CC(=O)N(C)c3ccc(C(C(=O)C4CNCC4C(=O)O)N4CCOCC4)cc3)cc2o1. The lowest BCUT2D eigenvalue weighted by Gasteiger charge is -2.35. The number of ether oxygens (including phenoxy) is 1. The van der Waals surface area contributed by atoms with Gasteiger partial charge in [0, 0.05) is 50.5 Å². The van der Waals surface area contributed by atoms with Crippen LogP contribution in [0.25, 0.3) is 11.1 Å². The first-order valence-electron chi connectivity index (χ1n) is 15.6. The summed E-state index contributed by atoms with van der Waals surface area (Å²) < 4.78 is 11.5. The average Bonchev–Trinajstić information content (AvgIpc) is 3.71. The Bertz CT molecular complexity index is 1730. The van der Waals surface area contributed by atoms with Crippen molar-refractivity contribution in [1.29, 1.82) is 0 Å². The first-order chi connectivity index (χ1) is 22.2. The van der Waals surface area contributed by atoms with Crippen LogP contribution in [-0.4, -0.2) is 79.1 Å². The summed E-state index contributed by atoms with van der Waals surface area (Å²) >= 11 is 0. The van der Waals surface area contributed by atoms with E-state index in [-0.39, 0.29) is 24.7 Å². The zero-order valence-corrected chi connectivity index (χ0v) is 26.3. The predicted molar refractivity (Wildman–Crippen MR) is 174 cm³/mol. The largest absolute Gasteiger partial charge is 0.481 e. The van der Waals surface area contributed by atoms with Gasteiger partial charge in [0.25, 0.3) is 6.01 Å². The molecule has 3 aromatic carbocycles. The fourth-order valence-electron chi connectivity index (χ4n) is 6.40. The van der Waals surface area contributed by atoms with E-state index in [1.807, 2.05) is 74.5 Å². The molecule has 240 valence electrons. The molecule has 4 aromatic rings. The molecule has 0 saturated carbocycles. The second kappa shape index (κ2) is 13.4. The molecule has 3 unspecified atom stereocenters. The number of para-hydroxylation sites is 1. The van der Waals surface area contributed by atoms with Gasteiger partial charge >= 0.3 is 5.97 Å². The minimum atomic E-state index is -0.962. The fourth-order valence-corrected chi connectivity index (χ4v) is 6.40. The van der Waals surface area contributed by atoms with Crippen molar-refractivity contribution in [1.82, 2.24) is 15.2 Å². The van der Waals surface area contributed by atoms with Crippen molar-refractivity contribution in [3.8, 4) is 0 Å². The number of morpholine rings is 1. The van der Waals surface area contributed by atoms with Crippen molar-refractivity contribution in [2.24, 2.45) is 11.8 Å². The Balaban J connectivity index is 1.16. The van der Waals surface area contributed by atoms with Crippen molar-refractivity contribution in [2.45, 2.75) is 26.3 Å². The van der Waals surface area contributed by atoms with E-state index in [1.54, 1.807) is 11.9 Å². The Labute approximate surface area is 267 Å². The molecule has 1 aromatic heterocycles. The number of nitrogens with one attached hydrogen (secondary N) is 2. The van der Waals surface area contributed by atoms with E-state index in [1.165, 1.54) is 0 Å². The van der Waals surface area contributed by atoms with Crippen LogP contribution in [0, 0.1) is 25.7 Å². The van der Waals surface area contributed by atoms with Crippen LogP contribution in [0.5, 0.6) is 0 Å². The second-order valence-electron chi connectivity index (χ2n) is 12.1. The summed E-state index contributed by atoms with van der Waals surface area (Å²) in [5.41, 5.74) is 6.68. The van der Waals surface area contributed by atoms with E-state index in [9.17, 15) is 19.5 Å². The number of aryl methyl sites for hydroxylation is 2. The molecule has 2 saturated heterocycles. The maximum atomic E-state index is 13.8. The fraction of sp³-hybridized carbons (Fsp3) is 0.371. The summed E-state index contributed by atoms with van der Waals surface area (Å²) in [6.45, 7) is 6.84. The van der Waals surface area contributed by atoms with Gasteiger partial charge in [-0.2, -0.15) is 4.98 Å². The molecular weight excluding hydrogens is 586 g/mol. The van der Waals surface area contributed by atoms with E-state index in [4.69, 9.17) is 9.15 Å². The Morgan fingerprint density at radius 3 is 2.41 bits per heavy atom. The van der Waals surface area contributed by atoms with E-state index < -0.39 is 23.8 Å². The van der Waals surface area contributed by atoms with Crippen LogP contribution >= 0.6 is 0 Å². The molecule has 3 atom stereocenters. The molecule has 11 nitrogen and oxygen atoms in total. The topological polar surface area (TPSA) is 137 Å². The van der Waals surface area contributed by atoms with Gasteiger partial charge in [-0.3, -0.25) is 19.3 Å². The molecule has 3 heterocycles. The molecule has 3 N–H and O–H groups in total. The van der Waals surface area contributed by atoms with E-state index in [0.29, 0.717) is 55.6 Å². The summed E-state index contributed by atoms with van der Waals surface area (Å²) in [5.74, 6) is -2.55. The van der Waals surface area contributed by atoms with E-state index in [2.05, 4.69) is 20.5 Å². The molecule has 0 spiro atoms. The third-order valence-electron chi connectivity index (χ3n) is 9.07. The zero-order valence-electron chi connectivity index (χ0n) is 26.3. The summed E-state index contributed by atoms with van der Waals surface area (Å²) in [5, 5.41) is 16.1. The van der Waals surface area contributed by atoms with Crippen LogP contribution < -0.4 is 15.5 Å². The number of nitrogens with zero attached hydrogens (tertiary/aromatic N) is 3. The number of benzene rings is 3. The van der Waals surface area contributed by atoms with E-state index >= 15 is 0 Å². The van der Waals surface area contributed by atoms with Crippen LogP contribution in [0.1, 0.15) is 28.3 Å². The number of fused-ring (bicyclic) bond motifs is 1. The van der Waals surface area contributed by atoms with Gasteiger partial charge in [-0.15, -0.1) is 0 Å². The molecular formula is C35H39N5O6. The number of ketones is 1. The standard InChI is InChI=1S/C35H39N5O6/c1-21-5-4-6-22(2)31(21)38-35-37-28-12-7-23(17-29(28)46-35)18-30(41)39(3)25-10-8-24(9-11-25)32(40-13-15-45-16-14-40)33(42)26-19-36-20-27(26)34(43)44/h4-12,17,26-27,32,36H,13-16,18-20H2,1-3H3,(H,37,38)(H,43,44). The van der Waals surface area contributed by atoms with Gasteiger partial charge in [-0.25, -0.2) is 0 Å². The quantitative estimate of drug-likeness (QED) is 0.235. The predicted octanol–water partition coefficient (Wildman–Crippen LogP) is 4.26. The number of Topliss-reactive ketones (excluding diaryl/α,β-unsaturated/α-hetero) is 1. The molecule has 1 amide bonds. The molecule has 2 aliphatic rings. The monoisotopic (exact) mass is 625 g/mol. The Kier molecular flexibility index (Phi) is 9.16. The van der Waals surface area contributed by atoms with Crippen LogP contribution in [0.3, 0.4) is 0 Å². The summed E-state index contributed by atoms with van der Waals surface area (Å²) in [4.78, 5) is 47.3. The number of hydrogen-bond donors (Lipinski definition) is 3. The lowest BCUT2D eigenvalue weighted by molar-refractivity contribution is -0.146. The number of carboxylic acid groups (broad SMARTS) is 1. The lowest BCUT2D eigenvalue weighted by atomic mass is 9.85. The second-order valence-corrected chi connectivity index (χ2v) is 12.1. The third-order valence-corrected chi connectivity index (χ3v) is 9.07. The average molecular weight is 626 g/mol. The Hall–Kier alpha value is -4.58. The number of oxazole rings is 1. The first kappa shape index (κ1) is 31.4. The number of rotatable bonds is 10. The molecule has 2 aliphatic heterocycles. The van der Waals surface area contributed by atoms with Gasteiger partial charge in [0.2, 0.25) is 5.91 Å². The summed E-state index contributed by atoms with van der Waals surface area (Å²) in [7, 11) is 1.73. The number of likely N-dealkylation sites (N-methyl/N-ethyl adjacent to an activating group) is 1. The minimum absolute atomic E-state index is 0.105. The number of aromatic nitrogens is 1. The van der Waals surface area contributed by atoms with Gasteiger partial charge in [0.05, 0.1) is 31.6 Å². The normalized spacial score (nSPS) is 19.2. The maximum absolute atomic E-state index is 13.8. The smallest absolute Gasteiger partial charge is 0.308 e. The molecule has 0 aliphatic carbocycles. The zero-order chi connectivity index (χ0) is 32.4. The van der Waals surface area contributed by atoms with Gasteiger partial charge in [-0.05, 0) is 60.4 Å². The molecule has 0 bridgehead atoms. The Morgan fingerprint density at radius 2 is 1.72 bits per heavy atom. The van der Waals surface area contributed by atoms with Crippen LogP contribution in [0.4, 0.5) is 17.4 Å². The van der Waals surface area contributed by atoms with Crippen molar-refractivity contribution in [2.75, 3.05) is 56.7 Å². The highest BCUT2D eigenvalue weighted by atomic mass is 16.5. The first-order valence-corrected chi connectivity index (χ1v) is 15.6. The molecule has 0 radical (unpaired) electrons. The molecule has 11 heteroatoms. The van der Waals surface area contributed by atoms with Crippen molar-refractivity contribution < 1.29 is 28.6 Å². The van der Waals surface area contributed by atoms with Crippen LogP contribution in [0.2, 0.25) is 0 Å². The molecule has 6 rings (SSSR count). The highest BCUT2D eigenvalue weighted by molar-refractivity contribution is 5.95. The number of carbonyl (C=O) groups excluding carboxylic acids is 2. The van der Waals surface area contributed by atoms with Crippen molar-refractivity contribution >= 4 is 46.1 Å². The van der Waals surface area contributed by atoms with Gasteiger partial charge in [0.1, 0.15) is 5.52 Å². The minimum Gasteiger partial charge on any atom is -0.481 e. The molecule has 46 heavy (non-hydrogen) atoms. The number of aliphatic carboxylic acids is 1. The van der Waals surface area contributed by atoms with E-state index in [0.717, 1.165) is 27.9 Å². The van der Waals surface area contributed by atoms with Gasteiger partial charge in [-0.1, -0.05) is 36.4 Å². The molecule has 2 fully saturated rings. The van der Waals surface area contributed by atoms with Crippen molar-refractivity contribution in [3.63, 3.8) is 0 Å². The summed E-state index contributed by atoms with van der Waals surface area (Å²) in [6.07, 6.45) is 0.161. The maximum Gasteiger partial charge on any atom is 0.308 e. The van der Waals surface area contributed by atoms with Crippen molar-refractivity contribution in [3.05, 3.63) is 82.9 Å². The third kappa shape index (κ3) is 6.53. The van der Waals surface area contributed by atoms with Crippen LogP contribution in [-0.2, 0) is 25.5 Å². The number of carbonyl (C=O) groups is 3. The van der Waals surface area contributed by atoms with Gasteiger partial charge in [0.15, 0.2) is 11.4 Å². The number of carboxylic acids is 1. The summed E-state index contributed by atoms with van der Waals surface area (Å²) in [6, 6.07) is 18.8. The Morgan fingerprint density at radius 1 is 1.02 bits per heavy atom. The number of hydrogen-bond acceptors (Lipinski definition) is 9. The highest BCUT2D eigenvalue weighted by Crippen LogP contribution is 2.32. The van der Waals surface area contributed by atoms with Crippen LogP contribution in [0.15, 0.2) is 65.1 Å². The van der Waals surface area contributed by atoms with Gasteiger partial charge < -0.3 is 29.8 Å². The lowest BCUT2D eigenvalue weighted by Crippen LogP contribution is -2.45. The number of amides is 1.